The van der Waals surface area contributed by atoms with E-state index in [0.29, 0.717) is 17.3 Å². The van der Waals surface area contributed by atoms with Crippen LogP contribution in [-0.2, 0) is 6.42 Å². The molecule has 2 aromatic carbocycles. The standard InChI is InChI=1S/C24H23ClFN5/c1-31(2)12-4-5-16-7-9-19-22(13-16)29-23(17-6-3-11-27-15-17)30-24(19)28-18-8-10-21(26)20(25)14-18/h3,6-11,13-15H,4-5,12H2,1-2H3,(H,28,29,30). The average Bonchev–Trinajstić information content (AvgIpc) is 2.76. The van der Waals surface area contributed by atoms with E-state index in [1.165, 1.54) is 11.6 Å². The van der Waals surface area contributed by atoms with E-state index in [1.807, 2.05) is 18.2 Å². The lowest BCUT2D eigenvalue weighted by atomic mass is 10.1. The van der Waals surface area contributed by atoms with Gasteiger partial charge in [-0.15, -0.1) is 0 Å². The molecule has 0 fully saturated rings. The number of hydrogen-bond donors (Lipinski definition) is 1. The lowest BCUT2D eigenvalue weighted by Crippen LogP contribution is -2.13. The second kappa shape index (κ2) is 9.37. The van der Waals surface area contributed by atoms with Crippen LogP contribution in [0.1, 0.15) is 12.0 Å². The molecule has 0 unspecified atom stereocenters. The van der Waals surface area contributed by atoms with E-state index in [-0.39, 0.29) is 5.02 Å². The van der Waals surface area contributed by atoms with Crippen LogP contribution < -0.4 is 5.32 Å². The highest BCUT2D eigenvalue weighted by atomic mass is 35.5. The number of rotatable bonds is 7. The molecule has 0 aliphatic rings. The van der Waals surface area contributed by atoms with Gasteiger partial charge in [-0.1, -0.05) is 17.7 Å². The van der Waals surface area contributed by atoms with E-state index in [1.54, 1.807) is 24.5 Å². The number of nitrogens with zero attached hydrogens (tertiary/aromatic N) is 4. The van der Waals surface area contributed by atoms with Crippen LogP contribution in [-0.4, -0.2) is 40.5 Å². The molecule has 0 radical (unpaired) electrons. The quantitative estimate of drug-likeness (QED) is 0.402. The molecule has 0 aliphatic carbocycles. The number of fused-ring (bicyclic) bond motifs is 1. The van der Waals surface area contributed by atoms with Gasteiger partial charge in [-0.25, -0.2) is 14.4 Å². The van der Waals surface area contributed by atoms with Crippen LogP contribution in [0.3, 0.4) is 0 Å². The van der Waals surface area contributed by atoms with Gasteiger partial charge in [0.1, 0.15) is 11.6 Å². The van der Waals surface area contributed by atoms with Crippen LogP contribution in [0.15, 0.2) is 60.9 Å². The van der Waals surface area contributed by atoms with Gasteiger partial charge in [0, 0.05) is 29.0 Å². The van der Waals surface area contributed by atoms with Crippen molar-refractivity contribution in [1.82, 2.24) is 19.9 Å². The Bertz CT molecular complexity index is 1200. The minimum Gasteiger partial charge on any atom is -0.340 e. The van der Waals surface area contributed by atoms with Gasteiger partial charge in [0.2, 0.25) is 0 Å². The number of anilines is 2. The van der Waals surface area contributed by atoms with Crippen molar-refractivity contribution in [2.45, 2.75) is 12.8 Å². The third-order valence-electron chi connectivity index (χ3n) is 4.93. The van der Waals surface area contributed by atoms with Crippen LogP contribution in [0, 0.1) is 5.82 Å². The summed E-state index contributed by atoms with van der Waals surface area (Å²) in [5.41, 5.74) is 3.54. The molecule has 7 heteroatoms. The molecule has 2 heterocycles. The van der Waals surface area contributed by atoms with Crippen LogP contribution in [0.2, 0.25) is 5.02 Å². The Kier molecular flexibility index (Phi) is 6.39. The zero-order valence-electron chi connectivity index (χ0n) is 17.4. The molecule has 0 spiro atoms. The van der Waals surface area contributed by atoms with Crippen molar-refractivity contribution in [3.05, 3.63) is 77.3 Å². The highest BCUT2D eigenvalue weighted by Crippen LogP contribution is 2.29. The van der Waals surface area contributed by atoms with Gasteiger partial charge in [0.05, 0.1) is 10.5 Å². The van der Waals surface area contributed by atoms with Gasteiger partial charge in [-0.2, -0.15) is 0 Å². The maximum atomic E-state index is 13.6. The maximum Gasteiger partial charge on any atom is 0.163 e. The monoisotopic (exact) mass is 435 g/mol. The Balaban J connectivity index is 1.75. The van der Waals surface area contributed by atoms with Crippen molar-refractivity contribution < 1.29 is 4.39 Å². The molecule has 4 rings (SSSR count). The smallest absolute Gasteiger partial charge is 0.163 e. The molecule has 5 nitrogen and oxygen atoms in total. The van der Waals surface area contributed by atoms with Gasteiger partial charge >= 0.3 is 0 Å². The first kappa shape index (κ1) is 21.2. The lowest BCUT2D eigenvalue weighted by Gasteiger charge is -2.13. The molecule has 4 aromatic rings. The van der Waals surface area contributed by atoms with Crippen molar-refractivity contribution >= 4 is 34.0 Å². The molecular formula is C24H23ClFN5. The lowest BCUT2D eigenvalue weighted by molar-refractivity contribution is 0.400. The summed E-state index contributed by atoms with van der Waals surface area (Å²) in [5, 5.41) is 4.21. The summed E-state index contributed by atoms with van der Waals surface area (Å²) in [4.78, 5) is 15.9. The van der Waals surface area contributed by atoms with Gasteiger partial charge in [-0.3, -0.25) is 4.98 Å². The summed E-state index contributed by atoms with van der Waals surface area (Å²) < 4.78 is 13.6. The highest BCUT2D eigenvalue weighted by Gasteiger charge is 2.12. The van der Waals surface area contributed by atoms with Crippen molar-refractivity contribution in [1.29, 1.82) is 0 Å². The van der Waals surface area contributed by atoms with Crippen LogP contribution in [0.4, 0.5) is 15.9 Å². The Hall–Kier alpha value is -3.09. The van der Waals surface area contributed by atoms with E-state index < -0.39 is 5.82 Å². The molecule has 158 valence electrons. The van der Waals surface area contributed by atoms with Gasteiger partial charge in [0.25, 0.3) is 0 Å². The second-order valence-corrected chi connectivity index (χ2v) is 8.06. The maximum absolute atomic E-state index is 13.6. The Morgan fingerprint density at radius 3 is 2.68 bits per heavy atom. The Morgan fingerprint density at radius 1 is 1.06 bits per heavy atom. The number of benzene rings is 2. The van der Waals surface area contributed by atoms with Gasteiger partial charge in [-0.05, 0) is 81.5 Å². The predicted molar refractivity (Wildman–Crippen MR) is 124 cm³/mol. The van der Waals surface area contributed by atoms with Gasteiger partial charge < -0.3 is 10.2 Å². The van der Waals surface area contributed by atoms with Crippen LogP contribution in [0.5, 0.6) is 0 Å². The van der Waals surface area contributed by atoms with Crippen LogP contribution in [0.25, 0.3) is 22.3 Å². The minimum atomic E-state index is -0.460. The first-order valence-electron chi connectivity index (χ1n) is 10.1. The molecule has 1 N–H and O–H groups in total. The summed E-state index contributed by atoms with van der Waals surface area (Å²) in [7, 11) is 4.15. The fourth-order valence-corrected chi connectivity index (χ4v) is 3.54. The zero-order chi connectivity index (χ0) is 21.8. The number of halogens is 2. The molecule has 2 aromatic heterocycles. The highest BCUT2D eigenvalue weighted by molar-refractivity contribution is 6.31. The first-order chi connectivity index (χ1) is 15.0. The third-order valence-corrected chi connectivity index (χ3v) is 5.22. The number of aromatic nitrogens is 3. The second-order valence-electron chi connectivity index (χ2n) is 7.65. The molecule has 0 bridgehead atoms. The zero-order valence-corrected chi connectivity index (χ0v) is 18.2. The number of hydrogen-bond acceptors (Lipinski definition) is 5. The molecule has 0 amide bonds. The largest absolute Gasteiger partial charge is 0.340 e. The Labute approximate surface area is 185 Å². The first-order valence-corrected chi connectivity index (χ1v) is 10.5. The topological polar surface area (TPSA) is 53.9 Å². The summed E-state index contributed by atoms with van der Waals surface area (Å²) in [6.45, 7) is 1.03. The SMILES string of the molecule is CN(C)CCCc1ccc2c(Nc3ccc(F)c(Cl)c3)nc(-c3cccnc3)nc2c1. The van der Waals surface area contributed by atoms with Crippen molar-refractivity contribution in [2.75, 3.05) is 26.0 Å². The normalized spacial score (nSPS) is 11.3. The molecule has 31 heavy (non-hydrogen) atoms. The third kappa shape index (κ3) is 5.16. The summed E-state index contributed by atoms with van der Waals surface area (Å²) in [5.74, 6) is 0.742. The number of nitrogens with one attached hydrogen (secondary N) is 1. The molecule has 0 saturated carbocycles. The summed E-state index contributed by atoms with van der Waals surface area (Å²) >= 11 is 5.96. The van der Waals surface area contributed by atoms with E-state index in [9.17, 15) is 4.39 Å². The summed E-state index contributed by atoms with van der Waals surface area (Å²) in [6, 6.07) is 14.5. The molecule has 0 atom stereocenters. The summed E-state index contributed by atoms with van der Waals surface area (Å²) in [6.07, 6.45) is 5.49. The van der Waals surface area contributed by atoms with Gasteiger partial charge in [0.15, 0.2) is 5.82 Å². The molecule has 0 aliphatic heterocycles. The molecule has 0 saturated heterocycles. The van der Waals surface area contributed by atoms with E-state index in [0.717, 1.165) is 35.9 Å². The van der Waals surface area contributed by atoms with Crippen LogP contribution >= 0.6 is 11.6 Å². The fourth-order valence-electron chi connectivity index (χ4n) is 3.36. The van der Waals surface area contributed by atoms with E-state index >= 15 is 0 Å². The van der Waals surface area contributed by atoms with Crippen molar-refractivity contribution in [3.8, 4) is 11.4 Å². The fraction of sp³-hybridized carbons (Fsp3) is 0.208. The average molecular weight is 436 g/mol. The number of aryl methyl sites for hydroxylation is 1. The minimum absolute atomic E-state index is 0.0547. The van der Waals surface area contributed by atoms with Crippen molar-refractivity contribution in [2.24, 2.45) is 0 Å². The van der Waals surface area contributed by atoms with E-state index in [4.69, 9.17) is 21.6 Å². The molecular weight excluding hydrogens is 413 g/mol. The van der Waals surface area contributed by atoms with Crippen molar-refractivity contribution in [3.63, 3.8) is 0 Å². The van der Waals surface area contributed by atoms with E-state index in [2.05, 4.69) is 41.4 Å². The predicted octanol–water partition coefficient (Wildman–Crippen LogP) is 5.72. The number of pyridine rings is 1. The Morgan fingerprint density at radius 2 is 1.94 bits per heavy atom.